The van der Waals surface area contributed by atoms with Crippen molar-refractivity contribution in [1.82, 2.24) is 9.88 Å². The molecule has 0 aliphatic rings. The summed E-state index contributed by atoms with van der Waals surface area (Å²) in [5.74, 6) is -0.0900. The predicted octanol–water partition coefficient (Wildman–Crippen LogP) is 0.379. The number of carbonyl (C=O) groups is 1. The topological polar surface area (TPSA) is 69.3 Å². The number of methoxy groups -OCH3 is 1. The Kier molecular flexibility index (Phi) is 6.06. The average molecular weight is 237 g/mol. The molecule has 0 saturated carbocycles. The van der Waals surface area contributed by atoms with Crippen LogP contribution in [0.2, 0.25) is 0 Å². The molecule has 0 saturated heterocycles. The molecule has 0 aromatic carbocycles. The molecule has 0 fully saturated rings. The number of aromatic nitrogens is 1. The first kappa shape index (κ1) is 13.5. The number of carbonyl (C=O) groups excluding carboxylic acids is 1. The summed E-state index contributed by atoms with van der Waals surface area (Å²) < 4.78 is 6.85. The first-order valence-corrected chi connectivity index (χ1v) is 5.57. The Balaban J connectivity index is 2.50. The van der Waals surface area contributed by atoms with Crippen LogP contribution in [0.3, 0.4) is 0 Å². The third-order valence-corrected chi connectivity index (χ3v) is 2.28. The Hall–Kier alpha value is -1.59. The Morgan fingerprint density at radius 1 is 1.59 bits per heavy atom. The molecule has 5 nitrogen and oxygen atoms in total. The van der Waals surface area contributed by atoms with Crippen molar-refractivity contribution < 1.29 is 9.53 Å². The van der Waals surface area contributed by atoms with Crippen molar-refractivity contribution >= 4 is 5.91 Å². The van der Waals surface area contributed by atoms with Gasteiger partial charge in [-0.2, -0.15) is 0 Å². The second-order valence-corrected chi connectivity index (χ2v) is 3.50. The van der Waals surface area contributed by atoms with Gasteiger partial charge in [-0.05, 0) is 12.1 Å². The highest BCUT2D eigenvalue weighted by Crippen LogP contribution is 2.02. The molecule has 1 rings (SSSR count). The lowest BCUT2D eigenvalue weighted by molar-refractivity contribution is 0.0946. The van der Waals surface area contributed by atoms with Gasteiger partial charge in [0.25, 0.3) is 5.91 Å². The number of nitrogens with two attached hydrogens (primary N) is 1. The lowest BCUT2D eigenvalue weighted by Crippen LogP contribution is -2.26. The number of nitrogens with zero attached hydrogens (tertiary/aromatic N) is 1. The Labute approximate surface area is 101 Å². The van der Waals surface area contributed by atoms with Crippen LogP contribution < -0.4 is 11.1 Å². The standard InChI is InChI=1S/C12H19N3O2/c1-17-10-9-15-8-4-5-11(15)12(16)14-7-3-2-6-13/h2-5,8H,6-7,9-10,13H2,1H3,(H,14,16)/b3-2+. The van der Waals surface area contributed by atoms with E-state index < -0.39 is 0 Å². The van der Waals surface area contributed by atoms with Gasteiger partial charge in [-0.3, -0.25) is 4.79 Å². The Morgan fingerprint density at radius 2 is 2.41 bits per heavy atom. The third-order valence-electron chi connectivity index (χ3n) is 2.28. The molecule has 94 valence electrons. The predicted molar refractivity (Wildman–Crippen MR) is 66.8 cm³/mol. The molecule has 0 unspecified atom stereocenters. The van der Waals surface area contributed by atoms with Crippen molar-refractivity contribution in [2.24, 2.45) is 5.73 Å². The van der Waals surface area contributed by atoms with E-state index in [1.807, 2.05) is 29.0 Å². The number of amides is 1. The third kappa shape index (κ3) is 4.42. The molecule has 0 aliphatic carbocycles. The number of hydrogen-bond acceptors (Lipinski definition) is 3. The van der Waals surface area contributed by atoms with Crippen LogP contribution in [0.4, 0.5) is 0 Å². The molecule has 1 aromatic heterocycles. The van der Waals surface area contributed by atoms with Gasteiger partial charge in [0.15, 0.2) is 0 Å². The normalized spacial score (nSPS) is 10.9. The van der Waals surface area contributed by atoms with Crippen molar-refractivity contribution in [3.63, 3.8) is 0 Å². The zero-order valence-corrected chi connectivity index (χ0v) is 10.1. The van der Waals surface area contributed by atoms with Crippen LogP contribution in [0.1, 0.15) is 10.5 Å². The minimum atomic E-state index is -0.0900. The van der Waals surface area contributed by atoms with E-state index in [0.29, 0.717) is 31.9 Å². The van der Waals surface area contributed by atoms with Gasteiger partial charge in [0.2, 0.25) is 0 Å². The summed E-state index contributed by atoms with van der Waals surface area (Å²) in [5.41, 5.74) is 5.94. The van der Waals surface area contributed by atoms with E-state index in [1.165, 1.54) is 0 Å². The van der Waals surface area contributed by atoms with E-state index in [2.05, 4.69) is 5.32 Å². The summed E-state index contributed by atoms with van der Waals surface area (Å²) in [6.45, 7) is 2.23. The molecule has 0 radical (unpaired) electrons. The lowest BCUT2D eigenvalue weighted by Gasteiger charge is -2.08. The monoisotopic (exact) mass is 237 g/mol. The van der Waals surface area contributed by atoms with E-state index >= 15 is 0 Å². The van der Waals surface area contributed by atoms with E-state index in [-0.39, 0.29) is 5.91 Å². The summed E-state index contributed by atoms with van der Waals surface area (Å²) in [6, 6.07) is 3.64. The highest BCUT2D eigenvalue weighted by Gasteiger charge is 2.08. The van der Waals surface area contributed by atoms with Gasteiger partial charge < -0.3 is 20.4 Å². The molecule has 1 aromatic rings. The maximum Gasteiger partial charge on any atom is 0.268 e. The van der Waals surface area contributed by atoms with Gasteiger partial charge in [0.05, 0.1) is 6.61 Å². The molecule has 5 heteroatoms. The Morgan fingerprint density at radius 3 is 3.12 bits per heavy atom. The molecule has 0 atom stereocenters. The maximum absolute atomic E-state index is 11.8. The zero-order chi connectivity index (χ0) is 12.5. The molecule has 0 bridgehead atoms. The van der Waals surface area contributed by atoms with Gasteiger partial charge in [-0.15, -0.1) is 0 Å². The highest BCUT2D eigenvalue weighted by atomic mass is 16.5. The molecule has 17 heavy (non-hydrogen) atoms. The fourth-order valence-electron chi connectivity index (χ4n) is 1.43. The van der Waals surface area contributed by atoms with Gasteiger partial charge in [-0.1, -0.05) is 12.2 Å². The Bertz CT molecular complexity index is 372. The van der Waals surface area contributed by atoms with Crippen molar-refractivity contribution in [3.05, 3.63) is 36.2 Å². The van der Waals surface area contributed by atoms with Crippen LogP contribution in [0.15, 0.2) is 30.5 Å². The highest BCUT2D eigenvalue weighted by molar-refractivity contribution is 5.92. The molecule has 1 heterocycles. The second-order valence-electron chi connectivity index (χ2n) is 3.50. The molecule has 0 aliphatic heterocycles. The maximum atomic E-state index is 11.8. The number of hydrogen-bond donors (Lipinski definition) is 2. The first-order valence-electron chi connectivity index (χ1n) is 5.57. The van der Waals surface area contributed by atoms with Gasteiger partial charge in [0, 0.05) is 32.9 Å². The van der Waals surface area contributed by atoms with E-state index in [4.69, 9.17) is 10.5 Å². The van der Waals surface area contributed by atoms with Crippen LogP contribution in [-0.2, 0) is 11.3 Å². The van der Waals surface area contributed by atoms with Gasteiger partial charge in [-0.25, -0.2) is 0 Å². The van der Waals surface area contributed by atoms with Crippen molar-refractivity contribution in [2.45, 2.75) is 6.54 Å². The summed E-state index contributed by atoms with van der Waals surface area (Å²) in [7, 11) is 1.64. The van der Waals surface area contributed by atoms with E-state index in [0.717, 1.165) is 0 Å². The van der Waals surface area contributed by atoms with Gasteiger partial charge >= 0.3 is 0 Å². The number of rotatable bonds is 7. The fourth-order valence-corrected chi connectivity index (χ4v) is 1.43. The second kappa shape index (κ2) is 7.65. The van der Waals surface area contributed by atoms with Crippen molar-refractivity contribution in [3.8, 4) is 0 Å². The SMILES string of the molecule is COCCn1cccc1C(=O)NC/C=C/CN. The molecule has 0 spiro atoms. The first-order chi connectivity index (χ1) is 8.29. The molecule has 3 N–H and O–H groups in total. The minimum Gasteiger partial charge on any atom is -0.383 e. The van der Waals surface area contributed by atoms with Crippen LogP contribution >= 0.6 is 0 Å². The number of nitrogens with one attached hydrogen (secondary N) is 1. The van der Waals surface area contributed by atoms with E-state index in [1.54, 1.807) is 13.2 Å². The summed E-state index contributed by atoms with van der Waals surface area (Å²) in [5, 5.41) is 2.79. The van der Waals surface area contributed by atoms with E-state index in [9.17, 15) is 4.79 Å². The molecule has 1 amide bonds. The summed E-state index contributed by atoms with van der Waals surface area (Å²) in [6.07, 6.45) is 5.51. The van der Waals surface area contributed by atoms with Crippen molar-refractivity contribution in [2.75, 3.05) is 26.8 Å². The smallest absolute Gasteiger partial charge is 0.268 e. The molecular weight excluding hydrogens is 218 g/mol. The van der Waals surface area contributed by atoms with Gasteiger partial charge in [0.1, 0.15) is 5.69 Å². The van der Waals surface area contributed by atoms with Crippen molar-refractivity contribution in [1.29, 1.82) is 0 Å². The largest absolute Gasteiger partial charge is 0.383 e. The van der Waals surface area contributed by atoms with Crippen LogP contribution in [-0.4, -0.2) is 37.3 Å². The van der Waals surface area contributed by atoms with Crippen LogP contribution in [0.5, 0.6) is 0 Å². The van der Waals surface area contributed by atoms with Crippen LogP contribution in [0.25, 0.3) is 0 Å². The quantitative estimate of drug-likeness (QED) is 0.674. The number of ether oxygens (including phenoxy) is 1. The molecular formula is C12H19N3O2. The lowest BCUT2D eigenvalue weighted by atomic mass is 10.4. The zero-order valence-electron chi connectivity index (χ0n) is 10.1. The minimum absolute atomic E-state index is 0.0900. The summed E-state index contributed by atoms with van der Waals surface area (Å²) >= 11 is 0. The summed E-state index contributed by atoms with van der Waals surface area (Å²) in [4.78, 5) is 11.8. The van der Waals surface area contributed by atoms with Crippen LogP contribution in [0, 0.1) is 0 Å². The fraction of sp³-hybridized carbons (Fsp3) is 0.417. The average Bonchev–Trinajstić information content (AvgIpc) is 2.80.